The standard InChI is InChI=1S/C23H26N4O3S/c1-16-6-7-19(30-16)15-24-23(28)17-10-12-27(13-11-17)21-8-9-22(26-25-21)31-20-5-3-4-18(14-20)29-2/h3-9,14,17H,10-13,15H2,1-2H3,(H,24,28). The minimum atomic E-state index is 0.0168. The van der Waals surface area contributed by atoms with Crippen LogP contribution in [0, 0.1) is 12.8 Å². The molecule has 0 radical (unpaired) electrons. The zero-order chi connectivity index (χ0) is 21.6. The van der Waals surface area contributed by atoms with Crippen molar-refractivity contribution in [2.24, 2.45) is 5.92 Å². The van der Waals surface area contributed by atoms with Gasteiger partial charge in [0.15, 0.2) is 5.82 Å². The van der Waals surface area contributed by atoms with Gasteiger partial charge >= 0.3 is 0 Å². The van der Waals surface area contributed by atoms with Gasteiger partial charge in [0.2, 0.25) is 5.91 Å². The van der Waals surface area contributed by atoms with Gasteiger partial charge in [0, 0.05) is 23.9 Å². The highest BCUT2D eigenvalue weighted by atomic mass is 32.2. The second-order valence-corrected chi connectivity index (χ2v) is 8.60. The summed E-state index contributed by atoms with van der Waals surface area (Å²) in [5.41, 5.74) is 0. The van der Waals surface area contributed by atoms with Crippen molar-refractivity contribution in [2.45, 2.75) is 36.2 Å². The van der Waals surface area contributed by atoms with Gasteiger partial charge in [-0.1, -0.05) is 17.8 Å². The molecule has 0 bridgehead atoms. The van der Waals surface area contributed by atoms with Crippen LogP contribution in [-0.2, 0) is 11.3 Å². The van der Waals surface area contributed by atoms with E-state index in [1.807, 2.05) is 55.5 Å². The maximum atomic E-state index is 12.5. The summed E-state index contributed by atoms with van der Waals surface area (Å²) in [5.74, 6) is 3.41. The Bertz CT molecular complexity index is 1010. The number of anilines is 1. The predicted molar refractivity (Wildman–Crippen MR) is 119 cm³/mol. The van der Waals surface area contributed by atoms with Crippen LogP contribution in [0.2, 0.25) is 0 Å². The molecule has 7 nitrogen and oxygen atoms in total. The first-order valence-corrected chi connectivity index (χ1v) is 11.2. The van der Waals surface area contributed by atoms with Gasteiger partial charge in [-0.25, -0.2) is 0 Å². The van der Waals surface area contributed by atoms with E-state index >= 15 is 0 Å². The molecule has 162 valence electrons. The predicted octanol–water partition coefficient (Wildman–Crippen LogP) is 4.07. The van der Waals surface area contributed by atoms with Crippen molar-refractivity contribution in [1.82, 2.24) is 15.5 Å². The second kappa shape index (κ2) is 9.87. The number of aryl methyl sites for hydroxylation is 1. The van der Waals surface area contributed by atoms with Gasteiger partial charge in [-0.2, -0.15) is 0 Å². The number of hydrogen-bond acceptors (Lipinski definition) is 7. The van der Waals surface area contributed by atoms with E-state index in [0.29, 0.717) is 6.54 Å². The number of hydrogen-bond donors (Lipinski definition) is 1. The molecule has 3 aromatic rings. The summed E-state index contributed by atoms with van der Waals surface area (Å²) < 4.78 is 10.8. The number of amides is 1. The fourth-order valence-electron chi connectivity index (χ4n) is 3.59. The number of piperidine rings is 1. The van der Waals surface area contributed by atoms with E-state index in [9.17, 15) is 4.79 Å². The number of carbonyl (C=O) groups is 1. The van der Waals surface area contributed by atoms with Crippen LogP contribution in [0.1, 0.15) is 24.4 Å². The van der Waals surface area contributed by atoms with Crippen LogP contribution in [0.5, 0.6) is 5.75 Å². The lowest BCUT2D eigenvalue weighted by Gasteiger charge is -2.31. The average Bonchev–Trinajstić information content (AvgIpc) is 3.23. The number of ether oxygens (including phenoxy) is 1. The number of furan rings is 1. The topological polar surface area (TPSA) is 80.5 Å². The van der Waals surface area contributed by atoms with Crippen molar-refractivity contribution >= 4 is 23.5 Å². The maximum Gasteiger partial charge on any atom is 0.223 e. The first kappa shape index (κ1) is 21.2. The van der Waals surface area contributed by atoms with Crippen molar-refractivity contribution in [3.05, 3.63) is 60.1 Å². The molecule has 1 aromatic carbocycles. The van der Waals surface area contributed by atoms with E-state index in [1.165, 1.54) is 0 Å². The average molecular weight is 439 g/mol. The summed E-state index contributed by atoms with van der Waals surface area (Å²) in [5, 5.41) is 12.6. The molecule has 0 spiro atoms. The van der Waals surface area contributed by atoms with Gasteiger partial charge in [-0.05, 0) is 62.2 Å². The molecule has 0 unspecified atom stereocenters. The SMILES string of the molecule is COc1cccc(Sc2ccc(N3CCC(C(=O)NCc4ccc(C)o4)CC3)nn2)c1. The normalized spacial score (nSPS) is 14.5. The fraction of sp³-hybridized carbons (Fsp3) is 0.348. The Morgan fingerprint density at radius 3 is 2.71 bits per heavy atom. The van der Waals surface area contributed by atoms with Crippen molar-refractivity contribution in [2.75, 3.05) is 25.1 Å². The maximum absolute atomic E-state index is 12.5. The molecule has 1 aliphatic rings. The molecule has 1 saturated heterocycles. The monoisotopic (exact) mass is 438 g/mol. The van der Waals surface area contributed by atoms with Crippen LogP contribution in [0.3, 0.4) is 0 Å². The van der Waals surface area contributed by atoms with Crippen LogP contribution in [0.4, 0.5) is 5.82 Å². The van der Waals surface area contributed by atoms with Crippen molar-refractivity contribution in [1.29, 1.82) is 0 Å². The molecule has 4 rings (SSSR count). The Morgan fingerprint density at radius 2 is 2.03 bits per heavy atom. The second-order valence-electron chi connectivity index (χ2n) is 7.50. The zero-order valence-corrected chi connectivity index (χ0v) is 18.5. The highest BCUT2D eigenvalue weighted by molar-refractivity contribution is 7.99. The molecule has 1 N–H and O–H groups in total. The van der Waals surface area contributed by atoms with E-state index in [2.05, 4.69) is 20.4 Å². The summed E-state index contributed by atoms with van der Waals surface area (Å²) in [7, 11) is 1.66. The minimum absolute atomic E-state index is 0.0168. The van der Waals surface area contributed by atoms with Gasteiger partial charge in [0.25, 0.3) is 0 Å². The third kappa shape index (κ3) is 5.58. The Hall–Kier alpha value is -3.00. The summed E-state index contributed by atoms with van der Waals surface area (Å²) in [6, 6.07) is 15.6. The molecule has 3 heterocycles. The van der Waals surface area contributed by atoms with Crippen molar-refractivity contribution in [3.8, 4) is 5.75 Å². The largest absolute Gasteiger partial charge is 0.497 e. The van der Waals surface area contributed by atoms with E-state index in [1.54, 1.807) is 18.9 Å². The number of nitrogens with zero attached hydrogens (tertiary/aromatic N) is 3. The molecule has 31 heavy (non-hydrogen) atoms. The number of nitrogens with one attached hydrogen (secondary N) is 1. The summed E-state index contributed by atoms with van der Waals surface area (Å²) >= 11 is 1.55. The van der Waals surface area contributed by atoms with Gasteiger partial charge in [0.1, 0.15) is 22.3 Å². The van der Waals surface area contributed by atoms with E-state index < -0.39 is 0 Å². The Balaban J connectivity index is 1.27. The van der Waals surface area contributed by atoms with E-state index in [0.717, 1.165) is 58.9 Å². The van der Waals surface area contributed by atoms with Crippen LogP contribution in [0.15, 0.2) is 62.9 Å². The van der Waals surface area contributed by atoms with Crippen LogP contribution in [-0.4, -0.2) is 36.3 Å². The first-order valence-electron chi connectivity index (χ1n) is 10.3. The molecular formula is C23H26N4O3S. The molecule has 0 aliphatic carbocycles. The van der Waals surface area contributed by atoms with Gasteiger partial charge < -0.3 is 19.4 Å². The first-order chi connectivity index (χ1) is 15.1. The molecule has 1 fully saturated rings. The minimum Gasteiger partial charge on any atom is -0.497 e. The Kier molecular flexibility index (Phi) is 6.76. The molecule has 1 amide bonds. The van der Waals surface area contributed by atoms with Gasteiger partial charge in [-0.3, -0.25) is 4.79 Å². The highest BCUT2D eigenvalue weighted by Gasteiger charge is 2.25. The number of methoxy groups -OCH3 is 1. The van der Waals surface area contributed by atoms with Crippen LogP contribution < -0.4 is 15.0 Å². The quantitative estimate of drug-likeness (QED) is 0.595. The van der Waals surface area contributed by atoms with Crippen LogP contribution >= 0.6 is 11.8 Å². The highest BCUT2D eigenvalue weighted by Crippen LogP contribution is 2.29. The smallest absolute Gasteiger partial charge is 0.223 e. The molecule has 8 heteroatoms. The van der Waals surface area contributed by atoms with Gasteiger partial charge in [-0.15, -0.1) is 10.2 Å². The number of benzene rings is 1. The number of aromatic nitrogens is 2. The lowest BCUT2D eigenvalue weighted by molar-refractivity contribution is -0.125. The van der Waals surface area contributed by atoms with E-state index in [-0.39, 0.29) is 11.8 Å². The summed E-state index contributed by atoms with van der Waals surface area (Å²) in [6.07, 6.45) is 1.59. The molecule has 0 saturated carbocycles. The third-order valence-corrected chi connectivity index (χ3v) is 6.23. The lowest BCUT2D eigenvalue weighted by Crippen LogP contribution is -2.40. The molecular weight excluding hydrogens is 412 g/mol. The molecule has 1 aliphatic heterocycles. The molecule has 2 aromatic heterocycles. The lowest BCUT2D eigenvalue weighted by atomic mass is 9.96. The Morgan fingerprint density at radius 1 is 1.19 bits per heavy atom. The van der Waals surface area contributed by atoms with E-state index in [4.69, 9.17) is 9.15 Å². The third-order valence-electron chi connectivity index (χ3n) is 5.31. The number of rotatable bonds is 7. The summed E-state index contributed by atoms with van der Waals surface area (Å²) in [4.78, 5) is 15.7. The van der Waals surface area contributed by atoms with Gasteiger partial charge in [0.05, 0.1) is 13.7 Å². The fourth-order valence-corrected chi connectivity index (χ4v) is 4.37. The Labute approximate surface area is 186 Å². The van der Waals surface area contributed by atoms with Crippen molar-refractivity contribution < 1.29 is 13.9 Å². The number of carbonyl (C=O) groups excluding carboxylic acids is 1. The van der Waals surface area contributed by atoms with Crippen LogP contribution in [0.25, 0.3) is 0 Å². The summed E-state index contributed by atoms with van der Waals surface area (Å²) in [6.45, 7) is 3.91. The van der Waals surface area contributed by atoms with Crippen molar-refractivity contribution in [3.63, 3.8) is 0 Å². The zero-order valence-electron chi connectivity index (χ0n) is 17.7. The molecule has 0 atom stereocenters.